The van der Waals surface area contributed by atoms with E-state index in [1.54, 1.807) is 6.20 Å². The summed E-state index contributed by atoms with van der Waals surface area (Å²) in [5.74, 6) is -0.0217. The van der Waals surface area contributed by atoms with Crippen LogP contribution in [0.3, 0.4) is 0 Å². The SMILES string of the molecule is N#Cc1ccc(Cn2cncc2CN[C@@H](c2ccccn2)C2CCN(Cc3ccccc3)C2=O)cc1. The quantitative estimate of drug-likeness (QED) is 0.393. The minimum absolute atomic E-state index is 0.160. The molecule has 36 heavy (non-hydrogen) atoms. The van der Waals surface area contributed by atoms with Crippen molar-refractivity contribution < 1.29 is 4.79 Å². The Kier molecular flexibility index (Phi) is 7.15. The molecule has 5 rings (SSSR count). The van der Waals surface area contributed by atoms with Crippen molar-refractivity contribution in [1.82, 2.24) is 24.8 Å². The van der Waals surface area contributed by atoms with Crippen molar-refractivity contribution in [2.45, 2.75) is 32.1 Å². The van der Waals surface area contributed by atoms with Gasteiger partial charge in [0.1, 0.15) is 0 Å². The average molecular weight is 477 g/mol. The van der Waals surface area contributed by atoms with E-state index in [4.69, 9.17) is 5.26 Å². The second-order valence-electron chi connectivity index (χ2n) is 9.08. The summed E-state index contributed by atoms with van der Waals surface area (Å²) < 4.78 is 2.09. The van der Waals surface area contributed by atoms with E-state index >= 15 is 0 Å². The average Bonchev–Trinajstić information content (AvgIpc) is 3.52. The molecule has 2 atom stereocenters. The zero-order valence-corrected chi connectivity index (χ0v) is 20.0. The number of aromatic nitrogens is 3. The van der Waals surface area contributed by atoms with Crippen LogP contribution in [0.4, 0.5) is 0 Å². The molecule has 4 aromatic rings. The maximum atomic E-state index is 13.5. The Morgan fingerprint density at radius 3 is 2.53 bits per heavy atom. The monoisotopic (exact) mass is 476 g/mol. The molecule has 1 saturated heterocycles. The van der Waals surface area contributed by atoms with Crippen LogP contribution in [0.15, 0.2) is 91.5 Å². The summed E-state index contributed by atoms with van der Waals surface area (Å²) in [6, 6.07) is 25.5. The van der Waals surface area contributed by atoms with Gasteiger partial charge < -0.3 is 14.8 Å². The Morgan fingerprint density at radius 1 is 1.00 bits per heavy atom. The van der Waals surface area contributed by atoms with Crippen molar-refractivity contribution >= 4 is 5.91 Å². The van der Waals surface area contributed by atoms with Crippen LogP contribution in [0.25, 0.3) is 0 Å². The van der Waals surface area contributed by atoms with Crippen molar-refractivity contribution in [3.63, 3.8) is 0 Å². The molecule has 0 bridgehead atoms. The fourth-order valence-electron chi connectivity index (χ4n) is 4.78. The highest BCUT2D eigenvalue weighted by molar-refractivity contribution is 5.81. The molecule has 0 radical (unpaired) electrons. The lowest BCUT2D eigenvalue weighted by Gasteiger charge is -2.24. The van der Waals surface area contributed by atoms with Crippen LogP contribution >= 0.6 is 0 Å². The molecule has 0 saturated carbocycles. The van der Waals surface area contributed by atoms with E-state index in [2.05, 4.69) is 38.1 Å². The number of hydrogen-bond donors (Lipinski definition) is 1. The second kappa shape index (κ2) is 11.0. The fraction of sp³-hybridized carbons (Fsp3) is 0.241. The fourth-order valence-corrected chi connectivity index (χ4v) is 4.78. The Labute approximate surface area is 211 Å². The van der Waals surface area contributed by atoms with Crippen molar-refractivity contribution in [3.05, 3.63) is 120 Å². The predicted octanol–water partition coefficient (Wildman–Crippen LogP) is 4.08. The van der Waals surface area contributed by atoms with Gasteiger partial charge in [-0.3, -0.25) is 9.78 Å². The highest BCUT2D eigenvalue weighted by Crippen LogP contribution is 2.31. The molecule has 1 amide bonds. The number of hydrogen-bond acceptors (Lipinski definition) is 5. The number of benzene rings is 2. The highest BCUT2D eigenvalue weighted by atomic mass is 16.2. The van der Waals surface area contributed by atoms with Gasteiger partial charge in [0, 0.05) is 38.6 Å². The summed E-state index contributed by atoms with van der Waals surface area (Å²) in [5, 5.41) is 12.7. The Morgan fingerprint density at radius 2 is 1.78 bits per heavy atom. The molecule has 2 aromatic heterocycles. The highest BCUT2D eigenvalue weighted by Gasteiger charge is 2.38. The summed E-state index contributed by atoms with van der Waals surface area (Å²) in [5.41, 5.74) is 4.77. The molecule has 1 fully saturated rings. The van der Waals surface area contributed by atoms with Gasteiger partial charge in [0.05, 0.1) is 41.3 Å². The van der Waals surface area contributed by atoms with Crippen molar-refractivity contribution in [1.29, 1.82) is 5.26 Å². The van der Waals surface area contributed by atoms with Gasteiger partial charge in [-0.25, -0.2) is 4.98 Å². The largest absolute Gasteiger partial charge is 0.338 e. The number of nitriles is 1. The Bertz CT molecular complexity index is 1330. The van der Waals surface area contributed by atoms with Crippen LogP contribution < -0.4 is 5.32 Å². The van der Waals surface area contributed by atoms with E-state index < -0.39 is 0 Å². The lowest BCUT2D eigenvalue weighted by Crippen LogP contribution is -2.35. The van der Waals surface area contributed by atoms with E-state index in [0.29, 0.717) is 25.2 Å². The number of carbonyl (C=O) groups excluding carboxylic acids is 1. The summed E-state index contributed by atoms with van der Waals surface area (Å²) in [7, 11) is 0. The maximum absolute atomic E-state index is 13.5. The standard InChI is InChI=1S/C29H28N6O/c30-16-22-9-11-24(12-10-22)20-35-21-31-17-25(35)18-33-28(27-8-4-5-14-32-27)26-13-15-34(29(26)36)19-23-6-2-1-3-7-23/h1-12,14,17,21,26,28,33H,13,15,18-20H2/t26?,28-/m1/s1. The third-order valence-corrected chi connectivity index (χ3v) is 6.70. The molecule has 180 valence electrons. The lowest BCUT2D eigenvalue weighted by molar-refractivity contribution is -0.132. The van der Waals surface area contributed by atoms with Crippen molar-refractivity contribution in [2.24, 2.45) is 5.92 Å². The minimum atomic E-state index is -0.197. The van der Waals surface area contributed by atoms with Gasteiger partial charge in [-0.15, -0.1) is 0 Å². The van der Waals surface area contributed by atoms with Gasteiger partial charge in [-0.2, -0.15) is 5.26 Å². The molecule has 0 aliphatic carbocycles. The first-order chi connectivity index (χ1) is 17.7. The van der Waals surface area contributed by atoms with E-state index in [1.165, 1.54) is 0 Å². The predicted molar refractivity (Wildman–Crippen MR) is 136 cm³/mol. The first-order valence-corrected chi connectivity index (χ1v) is 12.2. The third kappa shape index (κ3) is 5.35. The van der Waals surface area contributed by atoms with E-state index in [0.717, 1.165) is 35.5 Å². The zero-order valence-electron chi connectivity index (χ0n) is 20.0. The molecular formula is C29H28N6O. The molecule has 1 aliphatic rings. The number of rotatable bonds is 9. The van der Waals surface area contributed by atoms with Crippen LogP contribution in [0.5, 0.6) is 0 Å². The molecule has 1 aliphatic heterocycles. The summed E-state index contributed by atoms with van der Waals surface area (Å²) >= 11 is 0. The zero-order chi connectivity index (χ0) is 24.7. The topological polar surface area (TPSA) is 86.8 Å². The van der Waals surface area contributed by atoms with Crippen LogP contribution in [0, 0.1) is 17.2 Å². The number of nitrogens with one attached hydrogen (secondary N) is 1. The molecule has 1 N–H and O–H groups in total. The van der Waals surface area contributed by atoms with Crippen LogP contribution in [0.1, 0.15) is 40.5 Å². The van der Waals surface area contributed by atoms with Crippen LogP contribution in [-0.4, -0.2) is 31.9 Å². The molecular weight excluding hydrogens is 448 g/mol. The number of amides is 1. The van der Waals surface area contributed by atoms with Crippen LogP contribution in [0.2, 0.25) is 0 Å². The smallest absolute Gasteiger partial charge is 0.228 e. The first kappa shape index (κ1) is 23.5. The summed E-state index contributed by atoms with van der Waals surface area (Å²) in [6.07, 6.45) is 6.22. The number of carbonyl (C=O) groups is 1. The molecule has 2 aromatic carbocycles. The molecule has 3 heterocycles. The summed E-state index contributed by atoms with van der Waals surface area (Å²) in [6.45, 7) is 2.58. The van der Waals surface area contributed by atoms with Gasteiger partial charge in [0.25, 0.3) is 0 Å². The Hall–Kier alpha value is -4.28. The molecule has 1 unspecified atom stereocenters. The van der Waals surface area contributed by atoms with Gasteiger partial charge >= 0.3 is 0 Å². The van der Waals surface area contributed by atoms with E-state index in [-0.39, 0.29) is 17.9 Å². The number of imidazole rings is 1. The van der Waals surface area contributed by atoms with Gasteiger partial charge in [-0.05, 0) is 41.8 Å². The second-order valence-corrected chi connectivity index (χ2v) is 9.08. The maximum Gasteiger partial charge on any atom is 0.228 e. The minimum Gasteiger partial charge on any atom is -0.338 e. The van der Waals surface area contributed by atoms with Gasteiger partial charge in [0.15, 0.2) is 0 Å². The van der Waals surface area contributed by atoms with Crippen LogP contribution in [-0.2, 0) is 24.4 Å². The normalized spacial score (nSPS) is 16.1. The molecule has 7 nitrogen and oxygen atoms in total. The van der Waals surface area contributed by atoms with Crippen molar-refractivity contribution in [3.8, 4) is 6.07 Å². The number of nitrogens with zero attached hydrogens (tertiary/aromatic N) is 5. The summed E-state index contributed by atoms with van der Waals surface area (Å²) in [4.78, 5) is 24.4. The van der Waals surface area contributed by atoms with E-state index in [1.807, 2.05) is 78.1 Å². The van der Waals surface area contributed by atoms with Gasteiger partial charge in [-0.1, -0.05) is 48.5 Å². The van der Waals surface area contributed by atoms with Crippen molar-refractivity contribution in [2.75, 3.05) is 6.54 Å². The number of likely N-dealkylation sites (tertiary alicyclic amines) is 1. The lowest BCUT2D eigenvalue weighted by atomic mass is 9.94. The van der Waals surface area contributed by atoms with Gasteiger partial charge in [0.2, 0.25) is 5.91 Å². The number of pyridine rings is 1. The van der Waals surface area contributed by atoms with E-state index in [9.17, 15) is 4.79 Å². The first-order valence-electron chi connectivity index (χ1n) is 12.2. The molecule has 0 spiro atoms. The Balaban J connectivity index is 1.30. The third-order valence-electron chi connectivity index (χ3n) is 6.70. The molecule has 7 heteroatoms.